The molecule has 0 aromatic rings. The molecule has 2 fully saturated rings. The summed E-state index contributed by atoms with van der Waals surface area (Å²) in [5, 5.41) is 123. The van der Waals surface area contributed by atoms with Crippen LogP contribution in [0.25, 0.3) is 0 Å². The Morgan fingerprint density at radius 1 is 0.794 bits per heavy atom. The number of ether oxygens (including phenoxy) is 2. The average Bonchev–Trinajstić information content (AvgIpc) is 2.79. The Bertz CT molecular complexity index is 788. The molecule has 0 spiro atoms. The fraction of sp³-hybridized carbons (Fsp3) is 0.842. The highest BCUT2D eigenvalue weighted by atomic mass is 16.6. The Kier molecular flexibility index (Phi) is 7.72. The molecular weight excluding hydrogens is 468 g/mol. The number of carboxylic acid groups (broad SMARTS) is 1. The number of aliphatic hydroxyl groups excluding tert-OH is 9. The van der Waals surface area contributed by atoms with Crippen molar-refractivity contribution in [1.29, 1.82) is 0 Å². The van der Waals surface area contributed by atoms with E-state index in [1.165, 1.54) is 0 Å². The Hall–Kier alpha value is -1.31. The number of carboxylic acids is 1. The van der Waals surface area contributed by atoms with Crippen LogP contribution < -0.4 is 0 Å². The van der Waals surface area contributed by atoms with E-state index in [0.717, 1.165) is 0 Å². The summed E-state index contributed by atoms with van der Waals surface area (Å²) in [5.41, 5.74) is -6.71. The van der Waals surface area contributed by atoms with Crippen molar-refractivity contribution in [3.63, 3.8) is 0 Å². The van der Waals surface area contributed by atoms with Gasteiger partial charge in [-0.3, -0.25) is 0 Å². The average molecular weight is 498 g/mol. The van der Waals surface area contributed by atoms with Crippen LogP contribution in [-0.4, -0.2) is 159 Å². The van der Waals surface area contributed by atoms with Gasteiger partial charge in [-0.1, -0.05) is 0 Å². The molecule has 5 unspecified atom stereocenters. The molecule has 2 saturated heterocycles. The van der Waals surface area contributed by atoms with Gasteiger partial charge in [-0.25, -0.2) is 4.79 Å². The molecule has 3 rings (SSSR count). The smallest absolute Gasteiger partial charge is 0.331 e. The van der Waals surface area contributed by atoms with Gasteiger partial charge < -0.3 is 70.8 Å². The van der Waals surface area contributed by atoms with Gasteiger partial charge in [0.2, 0.25) is 0 Å². The van der Waals surface area contributed by atoms with E-state index in [0.29, 0.717) is 6.08 Å². The molecule has 2 heterocycles. The zero-order chi connectivity index (χ0) is 25.7. The van der Waals surface area contributed by atoms with Crippen molar-refractivity contribution >= 4 is 5.97 Å². The van der Waals surface area contributed by atoms with Gasteiger partial charge in [0.15, 0.2) is 0 Å². The lowest BCUT2D eigenvalue weighted by Gasteiger charge is -2.55. The second kappa shape index (κ2) is 9.62. The van der Waals surface area contributed by atoms with Crippen LogP contribution in [0.5, 0.6) is 0 Å². The zero-order valence-electron chi connectivity index (χ0n) is 17.6. The summed E-state index contributed by atoms with van der Waals surface area (Å²) in [4.78, 5) is 11.8. The van der Waals surface area contributed by atoms with Gasteiger partial charge in [0.25, 0.3) is 0 Å². The Morgan fingerprint density at radius 2 is 1.24 bits per heavy atom. The lowest BCUT2D eigenvalue weighted by molar-refractivity contribution is -0.321. The van der Waals surface area contributed by atoms with Crippen LogP contribution in [0.1, 0.15) is 6.42 Å². The van der Waals surface area contributed by atoms with E-state index in [-0.39, 0.29) is 0 Å². The number of aliphatic hydroxyl groups is 11. The van der Waals surface area contributed by atoms with Crippen molar-refractivity contribution in [3.05, 3.63) is 11.6 Å². The minimum absolute atomic E-state index is 0.547. The Balaban J connectivity index is 2.09. The van der Waals surface area contributed by atoms with E-state index in [1.807, 2.05) is 0 Å². The minimum atomic E-state index is -3.02. The lowest BCUT2D eigenvalue weighted by atomic mass is 9.65. The van der Waals surface area contributed by atoms with Gasteiger partial charge in [-0.15, -0.1) is 0 Å². The normalized spacial score (nSPS) is 52.2. The highest BCUT2D eigenvalue weighted by molar-refractivity contribution is 5.87. The molecule has 0 bridgehead atoms. The maximum atomic E-state index is 11.8. The van der Waals surface area contributed by atoms with Gasteiger partial charge >= 0.3 is 5.97 Å². The molecule has 0 amide bonds. The zero-order valence-corrected chi connectivity index (χ0v) is 17.6. The van der Waals surface area contributed by atoms with Crippen LogP contribution in [0.4, 0.5) is 0 Å². The topological polar surface area (TPSA) is 278 Å². The van der Waals surface area contributed by atoms with E-state index >= 15 is 0 Å². The number of aliphatic carboxylic acids is 1. The summed E-state index contributed by atoms with van der Waals surface area (Å²) < 4.78 is 10.5. The lowest BCUT2D eigenvalue weighted by Crippen LogP contribution is -2.76. The van der Waals surface area contributed by atoms with Gasteiger partial charge in [0.05, 0.1) is 13.2 Å². The highest BCUT2D eigenvalue weighted by Gasteiger charge is 2.66. The van der Waals surface area contributed by atoms with Crippen LogP contribution >= 0.6 is 0 Å². The molecule has 0 radical (unpaired) electrons. The molecule has 13 atom stereocenters. The molecule has 34 heavy (non-hydrogen) atoms. The van der Waals surface area contributed by atoms with Gasteiger partial charge in [-0.2, -0.15) is 0 Å². The first-order chi connectivity index (χ1) is 15.7. The Labute approximate surface area is 192 Å². The summed E-state index contributed by atoms with van der Waals surface area (Å²) >= 11 is 0. The number of hydrogen-bond donors (Lipinski definition) is 12. The summed E-state index contributed by atoms with van der Waals surface area (Å²) in [6.45, 7) is -1.83. The molecule has 196 valence electrons. The first-order valence-corrected chi connectivity index (χ1v) is 10.4. The molecule has 3 aliphatic rings. The van der Waals surface area contributed by atoms with E-state index < -0.39 is 110 Å². The Morgan fingerprint density at radius 3 is 1.68 bits per heavy atom. The largest absolute Gasteiger partial charge is 0.478 e. The van der Waals surface area contributed by atoms with Crippen LogP contribution in [-0.2, 0) is 14.3 Å². The number of hydrogen-bond acceptors (Lipinski definition) is 14. The van der Waals surface area contributed by atoms with E-state index in [1.54, 1.807) is 0 Å². The molecule has 0 aromatic heterocycles. The molecule has 2 aliphatic heterocycles. The molecule has 0 aromatic carbocycles. The third-order valence-electron chi connectivity index (χ3n) is 6.80. The van der Waals surface area contributed by atoms with Crippen molar-refractivity contribution in [3.8, 4) is 0 Å². The predicted molar refractivity (Wildman–Crippen MR) is 104 cm³/mol. The third kappa shape index (κ3) is 4.16. The van der Waals surface area contributed by atoms with Gasteiger partial charge in [-0.05, 0) is 6.08 Å². The monoisotopic (exact) mass is 498 g/mol. The molecule has 12 N–H and O–H groups in total. The molecule has 15 nitrogen and oxygen atoms in total. The summed E-state index contributed by atoms with van der Waals surface area (Å²) in [6, 6.07) is 0. The summed E-state index contributed by atoms with van der Waals surface area (Å²) in [7, 11) is 0. The fourth-order valence-corrected chi connectivity index (χ4v) is 4.84. The standard InChI is InChI=1S/C19H30O15/c20-3-6-8(22)10(24)12(26)14(33-6)18(31)1-5(16(28)29)2-19(32,17(18)30)15-13(27)11(25)9(23)7(4-21)34-15/h1,6-15,17,20-27,30-32H,2-4H2,(H,28,29)/t6-,7-,8-,9-,10+,11+,12-,13-,14?,15?,17?,18?,19?/m1/s1. The van der Waals surface area contributed by atoms with Crippen LogP contribution in [0, 0.1) is 0 Å². The quantitative estimate of drug-likeness (QED) is 0.168. The van der Waals surface area contributed by atoms with Crippen LogP contribution in [0.15, 0.2) is 11.6 Å². The van der Waals surface area contributed by atoms with Crippen molar-refractivity contribution in [2.45, 2.75) is 84.8 Å². The fourth-order valence-electron chi connectivity index (χ4n) is 4.84. The van der Waals surface area contributed by atoms with E-state index in [2.05, 4.69) is 0 Å². The summed E-state index contributed by atoms with van der Waals surface area (Å²) in [6.07, 6.45) is -22.4. The van der Waals surface area contributed by atoms with E-state index in [9.17, 15) is 66.1 Å². The van der Waals surface area contributed by atoms with Crippen molar-refractivity contribution < 1.29 is 75.5 Å². The number of carbonyl (C=O) groups is 1. The van der Waals surface area contributed by atoms with E-state index in [4.69, 9.17) is 9.47 Å². The van der Waals surface area contributed by atoms with Gasteiger partial charge in [0.1, 0.15) is 78.3 Å². The minimum Gasteiger partial charge on any atom is -0.478 e. The third-order valence-corrected chi connectivity index (χ3v) is 6.80. The molecular formula is C19H30O15. The molecule has 0 saturated carbocycles. The molecule has 1 aliphatic carbocycles. The van der Waals surface area contributed by atoms with Crippen molar-refractivity contribution in [2.75, 3.05) is 13.2 Å². The highest BCUT2D eigenvalue weighted by Crippen LogP contribution is 2.45. The SMILES string of the molecule is O=C(O)C1=CC(O)(C2O[C@H](CO)[C@@H](O)[C@H](O)[C@H]2O)C(O)C(O)(C2O[C@H](CO)[C@@H](O)[C@H](O)[C@H]2O)C1. The molecule has 15 heteroatoms. The summed E-state index contributed by atoms with van der Waals surface area (Å²) in [5.74, 6) is -1.71. The van der Waals surface area contributed by atoms with Crippen LogP contribution in [0.2, 0.25) is 0 Å². The van der Waals surface area contributed by atoms with Crippen molar-refractivity contribution in [1.82, 2.24) is 0 Å². The second-order valence-corrected chi connectivity index (χ2v) is 8.93. The van der Waals surface area contributed by atoms with Crippen LogP contribution in [0.3, 0.4) is 0 Å². The first kappa shape index (κ1) is 27.3. The maximum absolute atomic E-state index is 11.8. The first-order valence-electron chi connectivity index (χ1n) is 10.4. The number of rotatable bonds is 5. The predicted octanol–water partition coefficient (Wildman–Crippen LogP) is -7.09. The van der Waals surface area contributed by atoms with Gasteiger partial charge in [0, 0.05) is 12.0 Å². The maximum Gasteiger partial charge on any atom is 0.331 e. The second-order valence-electron chi connectivity index (χ2n) is 8.93. The van der Waals surface area contributed by atoms with Crippen molar-refractivity contribution in [2.24, 2.45) is 0 Å².